The van der Waals surface area contributed by atoms with E-state index in [9.17, 15) is 5.11 Å². The van der Waals surface area contributed by atoms with Crippen LogP contribution in [0.25, 0.3) is 0 Å². The molecule has 0 heterocycles. The summed E-state index contributed by atoms with van der Waals surface area (Å²) in [5.74, 6) is 0.344. The van der Waals surface area contributed by atoms with E-state index in [2.05, 4.69) is 33.0 Å². The predicted molar refractivity (Wildman–Crippen MR) is 78.0 cm³/mol. The summed E-state index contributed by atoms with van der Waals surface area (Å²) < 4.78 is 0. The van der Waals surface area contributed by atoms with E-state index in [1.165, 1.54) is 18.4 Å². The number of phenolic OH excluding ortho intramolecular Hbond substituents is 1. The Bertz CT molecular complexity index is 345. The van der Waals surface area contributed by atoms with Crippen molar-refractivity contribution >= 4 is 0 Å². The third-order valence-electron chi connectivity index (χ3n) is 3.36. The molecule has 0 aliphatic carbocycles. The standard InChI is InChI=1S/C16H27NO/c1-5-10-16(4,12-17-13(2)3)11-14-6-8-15(18)9-7-14/h6-9,13,17-18H,5,10-12H2,1-4H3. The first kappa shape index (κ1) is 15.0. The summed E-state index contributed by atoms with van der Waals surface area (Å²) in [5.41, 5.74) is 1.59. The highest BCUT2D eigenvalue weighted by atomic mass is 16.3. The van der Waals surface area contributed by atoms with Gasteiger partial charge in [0.1, 0.15) is 5.75 Å². The topological polar surface area (TPSA) is 32.3 Å². The van der Waals surface area contributed by atoms with Crippen LogP contribution in [0.4, 0.5) is 0 Å². The first-order valence-electron chi connectivity index (χ1n) is 6.96. The number of rotatable bonds is 7. The lowest BCUT2D eigenvalue weighted by Gasteiger charge is -2.31. The molecule has 2 N–H and O–H groups in total. The van der Waals surface area contributed by atoms with Crippen molar-refractivity contribution in [2.45, 2.75) is 53.0 Å². The lowest BCUT2D eigenvalue weighted by atomic mass is 9.79. The Morgan fingerprint density at radius 1 is 1.22 bits per heavy atom. The Balaban J connectivity index is 2.68. The molecule has 2 heteroatoms. The molecule has 1 aromatic rings. The Morgan fingerprint density at radius 2 is 1.83 bits per heavy atom. The lowest BCUT2D eigenvalue weighted by Crippen LogP contribution is -2.37. The zero-order valence-corrected chi connectivity index (χ0v) is 12.2. The van der Waals surface area contributed by atoms with Gasteiger partial charge in [0, 0.05) is 12.6 Å². The fraction of sp³-hybridized carbons (Fsp3) is 0.625. The van der Waals surface area contributed by atoms with Crippen molar-refractivity contribution < 1.29 is 5.11 Å². The molecule has 0 aliphatic rings. The quantitative estimate of drug-likeness (QED) is 0.771. The second kappa shape index (κ2) is 6.79. The van der Waals surface area contributed by atoms with Crippen LogP contribution in [0.2, 0.25) is 0 Å². The monoisotopic (exact) mass is 249 g/mol. The third-order valence-corrected chi connectivity index (χ3v) is 3.36. The van der Waals surface area contributed by atoms with E-state index in [0.29, 0.717) is 11.8 Å². The van der Waals surface area contributed by atoms with Crippen molar-refractivity contribution in [3.8, 4) is 5.75 Å². The van der Waals surface area contributed by atoms with E-state index in [1.54, 1.807) is 12.1 Å². The molecule has 0 saturated carbocycles. The van der Waals surface area contributed by atoms with Gasteiger partial charge in [0.15, 0.2) is 0 Å². The van der Waals surface area contributed by atoms with Crippen molar-refractivity contribution in [1.82, 2.24) is 5.32 Å². The van der Waals surface area contributed by atoms with E-state index in [0.717, 1.165) is 13.0 Å². The molecule has 1 aromatic carbocycles. The molecule has 0 fully saturated rings. The van der Waals surface area contributed by atoms with Crippen molar-refractivity contribution in [2.24, 2.45) is 5.41 Å². The van der Waals surface area contributed by atoms with Gasteiger partial charge < -0.3 is 10.4 Å². The Hall–Kier alpha value is -1.02. The summed E-state index contributed by atoms with van der Waals surface area (Å²) in [6.45, 7) is 10.0. The van der Waals surface area contributed by atoms with Crippen LogP contribution < -0.4 is 5.32 Å². The number of benzene rings is 1. The first-order chi connectivity index (χ1) is 8.45. The number of nitrogens with one attached hydrogen (secondary N) is 1. The molecule has 0 spiro atoms. The zero-order chi connectivity index (χ0) is 13.6. The fourth-order valence-corrected chi connectivity index (χ4v) is 2.40. The van der Waals surface area contributed by atoms with Gasteiger partial charge in [0.2, 0.25) is 0 Å². The molecule has 1 rings (SSSR count). The molecule has 0 amide bonds. The Labute approximate surface area is 111 Å². The Kier molecular flexibility index (Phi) is 5.67. The van der Waals surface area contributed by atoms with E-state index >= 15 is 0 Å². The minimum absolute atomic E-state index is 0.288. The summed E-state index contributed by atoms with van der Waals surface area (Å²) in [4.78, 5) is 0. The first-order valence-corrected chi connectivity index (χ1v) is 6.96. The van der Waals surface area contributed by atoms with Crippen molar-refractivity contribution in [3.05, 3.63) is 29.8 Å². The molecular weight excluding hydrogens is 222 g/mol. The molecule has 1 unspecified atom stereocenters. The van der Waals surface area contributed by atoms with Gasteiger partial charge in [-0.3, -0.25) is 0 Å². The van der Waals surface area contributed by atoms with Gasteiger partial charge in [0.05, 0.1) is 0 Å². The summed E-state index contributed by atoms with van der Waals surface area (Å²) in [6, 6.07) is 8.13. The summed E-state index contributed by atoms with van der Waals surface area (Å²) in [6.07, 6.45) is 3.47. The highest BCUT2D eigenvalue weighted by Crippen LogP contribution is 2.28. The average molecular weight is 249 g/mol. The van der Waals surface area contributed by atoms with Gasteiger partial charge in [-0.1, -0.05) is 46.2 Å². The van der Waals surface area contributed by atoms with Crippen LogP contribution in [0.15, 0.2) is 24.3 Å². The molecule has 0 saturated heterocycles. The van der Waals surface area contributed by atoms with Crippen LogP contribution in [0.1, 0.15) is 46.1 Å². The average Bonchev–Trinajstić information content (AvgIpc) is 2.30. The van der Waals surface area contributed by atoms with Crippen molar-refractivity contribution in [2.75, 3.05) is 6.54 Å². The zero-order valence-electron chi connectivity index (χ0n) is 12.2. The molecule has 18 heavy (non-hydrogen) atoms. The SMILES string of the molecule is CCCC(C)(CNC(C)C)Cc1ccc(O)cc1. The van der Waals surface area contributed by atoms with Gasteiger partial charge in [-0.25, -0.2) is 0 Å². The van der Waals surface area contributed by atoms with Gasteiger partial charge in [-0.2, -0.15) is 0 Å². The number of phenols is 1. The number of aromatic hydroxyl groups is 1. The van der Waals surface area contributed by atoms with Crippen LogP contribution in [0, 0.1) is 5.41 Å². The van der Waals surface area contributed by atoms with Crippen LogP contribution >= 0.6 is 0 Å². The van der Waals surface area contributed by atoms with Crippen molar-refractivity contribution in [1.29, 1.82) is 0 Å². The van der Waals surface area contributed by atoms with Gasteiger partial charge in [-0.15, -0.1) is 0 Å². The summed E-state index contributed by atoms with van der Waals surface area (Å²) >= 11 is 0. The lowest BCUT2D eigenvalue weighted by molar-refractivity contribution is 0.267. The minimum atomic E-state index is 0.288. The molecule has 0 aliphatic heterocycles. The van der Waals surface area contributed by atoms with Crippen LogP contribution in [0.3, 0.4) is 0 Å². The van der Waals surface area contributed by atoms with Crippen LogP contribution in [0.5, 0.6) is 5.75 Å². The summed E-state index contributed by atoms with van der Waals surface area (Å²) in [5, 5.41) is 12.9. The van der Waals surface area contributed by atoms with Gasteiger partial charge in [-0.05, 0) is 36.0 Å². The Morgan fingerprint density at radius 3 is 2.33 bits per heavy atom. The van der Waals surface area contributed by atoms with E-state index in [4.69, 9.17) is 0 Å². The largest absolute Gasteiger partial charge is 0.508 e. The fourth-order valence-electron chi connectivity index (χ4n) is 2.40. The molecule has 2 nitrogen and oxygen atoms in total. The highest BCUT2D eigenvalue weighted by molar-refractivity contribution is 5.26. The molecule has 1 atom stereocenters. The van der Waals surface area contributed by atoms with E-state index in [-0.39, 0.29) is 5.41 Å². The number of hydrogen-bond acceptors (Lipinski definition) is 2. The van der Waals surface area contributed by atoms with E-state index in [1.807, 2.05) is 12.1 Å². The number of hydrogen-bond donors (Lipinski definition) is 2. The maximum atomic E-state index is 9.32. The molecule has 0 radical (unpaired) electrons. The second-order valence-corrected chi connectivity index (χ2v) is 5.94. The normalized spacial score (nSPS) is 14.7. The van der Waals surface area contributed by atoms with Crippen molar-refractivity contribution in [3.63, 3.8) is 0 Å². The molecular formula is C16H27NO. The maximum absolute atomic E-state index is 9.32. The minimum Gasteiger partial charge on any atom is -0.508 e. The van der Waals surface area contributed by atoms with Crippen LogP contribution in [-0.2, 0) is 6.42 Å². The smallest absolute Gasteiger partial charge is 0.115 e. The van der Waals surface area contributed by atoms with Gasteiger partial charge >= 0.3 is 0 Å². The second-order valence-electron chi connectivity index (χ2n) is 5.94. The predicted octanol–water partition coefficient (Wildman–Crippen LogP) is 3.74. The third kappa shape index (κ3) is 5.09. The van der Waals surface area contributed by atoms with E-state index < -0.39 is 0 Å². The molecule has 0 bridgehead atoms. The summed E-state index contributed by atoms with van der Waals surface area (Å²) in [7, 11) is 0. The molecule has 102 valence electrons. The maximum Gasteiger partial charge on any atom is 0.115 e. The highest BCUT2D eigenvalue weighted by Gasteiger charge is 2.23. The molecule has 0 aromatic heterocycles. The van der Waals surface area contributed by atoms with Crippen LogP contribution in [-0.4, -0.2) is 17.7 Å². The van der Waals surface area contributed by atoms with Gasteiger partial charge in [0.25, 0.3) is 0 Å².